The fourth-order valence-electron chi connectivity index (χ4n) is 2.90. The lowest BCUT2D eigenvalue weighted by Crippen LogP contribution is -2.13. The molecular weight excluding hydrogens is 418 g/mol. The first kappa shape index (κ1) is 21.5. The molecule has 0 saturated heterocycles. The average Bonchev–Trinajstić information content (AvgIpc) is 2.74. The Morgan fingerprint density at radius 1 is 1.20 bits per heavy atom. The predicted octanol–water partition coefficient (Wildman–Crippen LogP) is 2.52. The number of hydrogen-bond donors (Lipinski definition) is 3. The van der Waals surface area contributed by atoms with Crippen LogP contribution in [0.3, 0.4) is 0 Å². The van der Waals surface area contributed by atoms with Gasteiger partial charge in [0.1, 0.15) is 17.0 Å². The van der Waals surface area contributed by atoms with Crippen LogP contribution in [0.25, 0.3) is 11.0 Å². The summed E-state index contributed by atoms with van der Waals surface area (Å²) in [6.45, 7) is 0.138. The van der Waals surface area contributed by atoms with Crippen LogP contribution in [0.2, 0.25) is 0 Å². The van der Waals surface area contributed by atoms with E-state index in [4.69, 9.17) is 4.74 Å². The maximum Gasteiger partial charge on any atom is 0.232 e. The fourth-order valence-corrected chi connectivity index (χ4v) is 3.24. The molecule has 1 aromatic heterocycles. The number of aromatic nitrogens is 2. The lowest BCUT2D eigenvalue weighted by Gasteiger charge is -2.14. The van der Waals surface area contributed by atoms with Gasteiger partial charge in [0, 0.05) is 6.54 Å². The Balaban J connectivity index is 1.94. The van der Waals surface area contributed by atoms with E-state index in [0.717, 1.165) is 6.07 Å². The number of benzene rings is 2. The number of nitrogens with zero attached hydrogens (tertiary/aromatic N) is 2. The molecule has 158 valence electrons. The van der Waals surface area contributed by atoms with Crippen molar-refractivity contribution in [3.8, 4) is 5.88 Å². The number of halogens is 2. The highest BCUT2D eigenvalue weighted by molar-refractivity contribution is 7.70. The lowest BCUT2D eigenvalue weighted by atomic mass is 10.1. The smallest absolute Gasteiger partial charge is 0.232 e. The van der Waals surface area contributed by atoms with Gasteiger partial charge in [-0.2, -0.15) is 0 Å². The molecule has 0 aliphatic carbocycles. The largest absolute Gasteiger partial charge is 0.480 e. The number of carbonyl (C=O) groups excluding carboxylic acids is 1. The first-order valence-electron chi connectivity index (χ1n) is 8.85. The van der Waals surface area contributed by atoms with Crippen LogP contribution in [0.4, 0.5) is 20.2 Å². The van der Waals surface area contributed by atoms with E-state index in [1.54, 1.807) is 6.07 Å². The van der Waals surface area contributed by atoms with Gasteiger partial charge in [0.2, 0.25) is 16.8 Å². The highest BCUT2D eigenvalue weighted by atomic mass is 32.2. The molecule has 0 bridgehead atoms. The predicted molar refractivity (Wildman–Crippen MR) is 108 cm³/mol. The Kier molecular flexibility index (Phi) is 6.85. The van der Waals surface area contributed by atoms with Crippen molar-refractivity contribution in [2.45, 2.75) is 12.8 Å². The quantitative estimate of drug-likeness (QED) is 0.269. The van der Waals surface area contributed by atoms with Gasteiger partial charge in [-0.3, -0.25) is 4.79 Å². The van der Waals surface area contributed by atoms with Crippen molar-refractivity contribution in [1.82, 2.24) is 14.7 Å². The lowest BCUT2D eigenvalue weighted by molar-refractivity contribution is 0.112. The third kappa shape index (κ3) is 4.69. The molecule has 8 nitrogen and oxygen atoms in total. The second-order valence-electron chi connectivity index (χ2n) is 6.21. The number of methoxy groups -OCH3 is 1. The van der Waals surface area contributed by atoms with Gasteiger partial charge in [-0.15, -0.1) is 0 Å². The van der Waals surface area contributed by atoms with Crippen molar-refractivity contribution in [1.29, 1.82) is 0 Å². The Morgan fingerprint density at radius 2 is 2.00 bits per heavy atom. The molecule has 11 heteroatoms. The first-order valence-corrected chi connectivity index (χ1v) is 10.0. The van der Waals surface area contributed by atoms with Crippen LogP contribution in [0.15, 0.2) is 30.5 Å². The third-order valence-corrected chi connectivity index (χ3v) is 4.84. The topological polar surface area (TPSA) is 110 Å². The molecular formula is C19H18F2N4O4S. The summed E-state index contributed by atoms with van der Waals surface area (Å²) in [5.74, 6) is -1.48. The summed E-state index contributed by atoms with van der Waals surface area (Å²) in [6, 6.07) is 5.44. The molecule has 0 aliphatic heterocycles. The zero-order valence-electron chi connectivity index (χ0n) is 15.8. The van der Waals surface area contributed by atoms with Gasteiger partial charge in [-0.25, -0.2) is 31.9 Å². The number of rotatable bonds is 9. The van der Waals surface area contributed by atoms with Crippen molar-refractivity contribution >= 4 is 39.6 Å². The first-order chi connectivity index (χ1) is 14.4. The second kappa shape index (κ2) is 9.55. The van der Waals surface area contributed by atoms with Crippen LogP contribution in [-0.2, 0) is 17.3 Å². The van der Waals surface area contributed by atoms with E-state index in [2.05, 4.69) is 20.0 Å². The Morgan fingerprint density at radius 3 is 2.70 bits per heavy atom. The number of aldehydes is 1. The molecule has 0 aliphatic rings. The number of hydrogen-bond acceptors (Lipinski definition) is 7. The van der Waals surface area contributed by atoms with Crippen LogP contribution >= 0.6 is 0 Å². The van der Waals surface area contributed by atoms with Crippen molar-refractivity contribution in [3.05, 3.63) is 53.2 Å². The van der Waals surface area contributed by atoms with E-state index in [0.29, 0.717) is 18.2 Å². The molecule has 0 unspecified atom stereocenters. The summed E-state index contributed by atoms with van der Waals surface area (Å²) in [7, 11) is -1.32. The summed E-state index contributed by atoms with van der Waals surface area (Å²) < 4.78 is 57.5. The van der Waals surface area contributed by atoms with Gasteiger partial charge < -0.3 is 10.1 Å². The van der Waals surface area contributed by atoms with Gasteiger partial charge >= 0.3 is 0 Å². The molecule has 0 atom stereocenters. The molecule has 1 heterocycles. The Labute approximate surface area is 172 Å². The molecule has 2 aromatic carbocycles. The van der Waals surface area contributed by atoms with Crippen molar-refractivity contribution < 1.29 is 26.7 Å². The number of thiol groups is 1. The normalized spacial score (nSPS) is 11.1. The summed E-state index contributed by atoms with van der Waals surface area (Å²) in [4.78, 5) is 20.0. The minimum Gasteiger partial charge on any atom is -0.480 e. The minimum atomic E-state index is -2.73. The van der Waals surface area contributed by atoms with Crippen molar-refractivity contribution in [2.24, 2.45) is 0 Å². The summed E-state index contributed by atoms with van der Waals surface area (Å²) >= 11 is 0. The summed E-state index contributed by atoms with van der Waals surface area (Å²) in [5, 5.41) is 2.64. The molecule has 0 fully saturated rings. The zero-order valence-corrected chi connectivity index (χ0v) is 16.7. The number of anilines is 2. The third-order valence-electron chi connectivity index (χ3n) is 4.35. The van der Waals surface area contributed by atoms with Crippen molar-refractivity contribution in [2.75, 3.05) is 19.0 Å². The summed E-state index contributed by atoms with van der Waals surface area (Å²) in [5.41, 5.74) is 0.656. The molecule has 0 saturated carbocycles. The summed E-state index contributed by atoms with van der Waals surface area (Å²) in [6.07, 6.45) is 2.44. The van der Waals surface area contributed by atoms with E-state index >= 15 is 0 Å². The van der Waals surface area contributed by atoms with Gasteiger partial charge in [0.25, 0.3) is 0 Å². The molecule has 0 amide bonds. The van der Waals surface area contributed by atoms with E-state index < -0.39 is 28.2 Å². The highest BCUT2D eigenvalue weighted by Crippen LogP contribution is 2.30. The maximum atomic E-state index is 14.9. The Hall–Kier alpha value is -3.18. The van der Waals surface area contributed by atoms with E-state index in [1.165, 1.54) is 25.4 Å². The van der Waals surface area contributed by atoms with E-state index in [9.17, 15) is 22.0 Å². The number of aryl methyl sites for hydroxylation is 1. The number of nitrogens with one attached hydrogen (secondary N) is 2. The van der Waals surface area contributed by atoms with Crippen LogP contribution < -0.4 is 14.8 Å². The Bertz CT molecular complexity index is 1160. The second-order valence-corrected chi connectivity index (χ2v) is 7.04. The zero-order chi connectivity index (χ0) is 21.7. The number of ether oxygens (including phenoxy) is 1. The maximum absolute atomic E-state index is 14.9. The van der Waals surface area contributed by atoms with Gasteiger partial charge in [-0.05, 0) is 36.6 Å². The molecule has 2 N–H and O–H groups in total. The molecule has 0 spiro atoms. The standard InChI is InChI=1S/C19H18F2N4O4S/c1-29-16-9-22-15-7-6-14(12(10-26)18(15)25-16)24-19-13(20)5-4-11(17(19)21)3-2-8-23-30(27)28/h4-7,9-10,24,30H,2-3,8H2,1H3,(H,23,27,28). The number of carbonyl (C=O) groups is 1. The molecule has 3 rings (SSSR count). The van der Waals surface area contributed by atoms with Crippen LogP contribution in [0.5, 0.6) is 5.88 Å². The SMILES string of the molecule is COc1cnc2ccc(Nc3c(F)ccc(CCCN[SH](=O)=O)c3F)c(C=O)c2n1. The molecule has 3 aromatic rings. The average molecular weight is 436 g/mol. The van der Waals surface area contributed by atoms with Gasteiger partial charge in [-0.1, -0.05) is 6.07 Å². The van der Waals surface area contributed by atoms with Crippen LogP contribution in [0.1, 0.15) is 22.3 Å². The van der Waals surface area contributed by atoms with E-state index in [-0.39, 0.29) is 41.2 Å². The van der Waals surface area contributed by atoms with Crippen molar-refractivity contribution in [3.63, 3.8) is 0 Å². The van der Waals surface area contributed by atoms with Crippen LogP contribution in [-0.4, -0.2) is 38.3 Å². The van der Waals surface area contributed by atoms with Crippen LogP contribution in [0, 0.1) is 11.6 Å². The van der Waals surface area contributed by atoms with E-state index in [1.807, 2.05) is 0 Å². The van der Waals surface area contributed by atoms with Gasteiger partial charge in [0.05, 0.1) is 30.1 Å². The minimum absolute atomic E-state index is 0.0755. The molecule has 30 heavy (non-hydrogen) atoms. The fraction of sp³-hybridized carbons (Fsp3) is 0.211. The monoisotopic (exact) mass is 436 g/mol. The highest BCUT2D eigenvalue weighted by Gasteiger charge is 2.17. The molecule has 0 radical (unpaired) electrons. The number of fused-ring (bicyclic) bond motifs is 1. The van der Waals surface area contributed by atoms with Gasteiger partial charge in [0.15, 0.2) is 12.1 Å².